The molecule has 1 aliphatic rings. The maximum absolute atomic E-state index is 12.8. The molecule has 0 radical (unpaired) electrons. The van der Waals surface area contributed by atoms with Crippen LogP contribution in [0.3, 0.4) is 0 Å². The molecule has 6 heteroatoms. The maximum Gasteiger partial charge on any atom is 0.240 e. The first kappa shape index (κ1) is 14.9. The van der Waals surface area contributed by atoms with E-state index in [2.05, 4.69) is 20.7 Å². The predicted molar refractivity (Wildman–Crippen MR) is 76.3 cm³/mol. The van der Waals surface area contributed by atoms with Gasteiger partial charge >= 0.3 is 0 Å². The third-order valence-electron chi connectivity index (χ3n) is 3.36. The molecule has 1 N–H and O–H groups in total. The summed E-state index contributed by atoms with van der Waals surface area (Å²) in [5.41, 5.74) is 0. The third-order valence-corrected chi connectivity index (χ3v) is 5.96. The van der Waals surface area contributed by atoms with Gasteiger partial charge in [0.15, 0.2) is 0 Å². The molecule has 2 rings (SSSR count). The van der Waals surface area contributed by atoms with Crippen LogP contribution in [0.5, 0.6) is 0 Å². The molecule has 0 bridgehead atoms. The Morgan fingerprint density at radius 1 is 1.11 bits per heavy atom. The molecule has 1 saturated carbocycles. The van der Waals surface area contributed by atoms with Gasteiger partial charge in [-0.15, -0.1) is 0 Å². The standard InChI is InChI=1S/C13H17BrFNO2S/c14-12-4-2-1-3-5-13(12)16-19(17,18)11-8-6-10(15)7-9-11/h6-9,12-13,16H,1-5H2. The molecule has 1 aromatic rings. The third kappa shape index (κ3) is 4.00. The minimum atomic E-state index is -3.57. The molecule has 1 aliphatic carbocycles. The largest absolute Gasteiger partial charge is 0.240 e. The van der Waals surface area contributed by atoms with E-state index in [1.165, 1.54) is 12.1 Å². The highest BCUT2D eigenvalue weighted by molar-refractivity contribution is 9.09. The Kier molecular flexibility index (Phi) is 4.97. The van der Waals surface area contributed by atoms with Crippen molar-refractivity contribution < 1.29 is 12.8 Å². The van der Waals surface area contributed by atoms with Crippen molar-refractivity contribution in [2.75, 3.05) is 0 Å². The smallest absolute Gasteiger partial charge is 0.207 e. The van der Waals surface area contributed by atoms with Crippen LogP contribution in [0.2, 0.25) is 0 Å². The van der Waals surface area contributed by atoms with Crippen molar-refractivity contribution in [1.82, 2.24) is 4.72 Å². The molecule has 106 valence electrons. The summed E-state index contributed by atoms with van der Waals surface area (Å²) in [6.45, 7) is 0. The van der Waals surface area contributed by atoms with E-state index >= 15 is 0 Å². The van der Waals surface area contributed by atoms with Crippen LogP contribution in [0.1, 0.15) is 32.1 Å². The zero-order valence-corrected chi connectivity index (χ0v) is 12.9. The molecular weight excluding hydrogens is 333 g/mol. The fraction of sp³-hybridized carbons (Fsp3) is 0.538. The lowest BCUT2D eigenvalue weighted by Crippen LogP contribution is -2.40. The van der Waals surface area contributed by atoms with Gasteiger partial charge in [-0.25, -0.2) is 17.5 Å². The highest BCUT2D eigenvalue weighted by Gasteiger charge is 2.26. The van der Waals surface area contributed by atoms with Crippen LogP contribution < -0.4 is 4.72 Å². The average Bonchev–Trinajstić information content (AvgIpc) is 2.55. The van der Waals surface area contributed by atoms with Gasteiger partial charge in [0.1, 0.15) is 5.82 Å². The summed E-state index contributed by atoms with van der Waals surface area (Å²) in [5.74, 6) is -0.438. The minimum Gasteiger partial charge on any atom is -0.207 e. The fourth-order valence-corrected chi connectivity index (χ4v) is 4.48. The fourth-order valence-electron chi connectivity index (χ4n) is 2.28. The van der Waals surface area contributed by atoms with Crippen molar-refractivity contribution in [1.29, 1.82) is 0 Å². The second kappa shape index (κ2) is 6.33. The monoisotopic (exact) mass is 349 g/mol. The molecule has 0 aromatic heterocycles. The predicted octanol–water partition coefficient (Wildman–Crippen LogP) is 3.20. The molecule has 0 saturated heterocycles. The zero-order chi connectivity index (χ0) is 13.9. The summed E-state index contributed by atoms with van der Waals surface area (Å²) >= 11 is 3.55. The van der Waals surface area contributed by atoms with Crippen molar-refractivity contribution >= 4 is 26.0 Å². The molecule has 1 aromatic carbocycles. The Morgan fingerprint density at radius 2 is 1.74 bits per heavy atom. The first-order chi connectivity index (χ1) is 8.99. The summed E-state index contributed by atoms with van der Waals surface area (Å²) in [6, 6.07) is 4.80. The highest BCUT2D eigenvalue weighted by Crippen LogP contribution is 2.25. The van der Waals surface area contributed by atoms with Crippen LogP contribution >= 0.6 is 15.9 Å². The lowest BCUT2D eigenvalue weighted by molar-refractivity contribution is 0.520. The second-order valence-electron chi connectivity index (χ2n) is 4.84. The quantitative estimate of drug-likeness (QED) is 0.672. The van der Waals surface area contributed by atoms with Crippen LogP contribution in [0.4, 0.5) is 4.39 Å². The summed E-state index contributed by atoms with van der Waals surface area (Å²) in [4.78, 5) is 0.267. The van der Waals surface area contributed by atoms with E-state index in [4.69, 9.17) is 0 Å². The minimum absolute atomic E-state index is 0.0995. The summed E-state index contributed by atoms with van der Waals surface area (Å²) in [6.07, 6.45) is 5.08. The number of nitrogens with one attached hydrogen (secondary N) is 1. The number of hydrogen-bond acceptors (Lipinski definition) is 2. The van der Waals surface area contributed by atoms with Gasteiger partial charge in [0.25, 0.3) is 0 Å². The Hall–Kier alpha value is -0.460. The summed E-state index contributed by atoms with van der Waals surface area (Å²) < 4.78 is 40.0. The van der Waals surface area contributed by atoms with Gasteiger partial charge in [0, 0.05) is 10.9 Å². The molecule has 0 aliphatic heterocycles. The molecular formula is C13H17BrFNO2S. The molecule has 0 amide bonds. The topological polar surface area (TPSA) is 46.2 Å². The zero-order valence-electron chi connectivity index (χ0n) is 10.5. The Morgan fingerprint density at radius 3 is 2.42 bits per heavy atom. The Bertz CT molecular complexity index is 518. The molecule has 2 unspecified atom stereocenters. The van der Waals surface area contributed by atoms with Crippen LogP contribution in [-0.2, 0) is 10.0 Å². The van der Waals surface area contributed by atoms with Crippen LogP contribution in [-0.4, -0.2) is 19.3 Å². The lowest BCUT2D eigenvalue weighted by atomic mass is 10.1. The lowest BCUT2D eigenvalue weighted by Gasteiger charge is -2.21. The van der Waals surface area contributed by atoms with Crippen LogP contribution in [0.25, 0.3) is 0 Å². The number of sulfonamides is 1. The van der Waals surface area contributed by atoms with E-state index in [1.807, 2.05) is 0 Å². The molecule has 19 heavy (non-hydrogen) atoms. The van der Waals surface area contributed by atoms with Crippen molar-refractivity contribution in [2.24, 2.45) is 0 Å². The van der Waals surface area contributed by atoms with Crippen molar-refractivity contribution in [3.05, 3.63) is 30.1 Å². The first-order valence-corrected chi connectivity index (χ1v) is 8.81. The molecule has 2 atom stereocenters. The van der Waals surface area contributed by atoms with Gasteiger partial charge in [-0.2, -0.15) is 0 Å². The van der Waals surface area contributed by atoms with Crippen molar-refractivity contribution in [3.8, 4) is 0 Å². The van der Waals surface area contributed by atoms with Gasteiger partial charge in [-0.05, 0) is 37.1 Å². The summed E-state index contributed by atoms with van der Waals surface area (Å²) in [5, 5.41) is 0. The SMILES string of the molecule is O=S(=O)(NC1CCCCCC1Br)c1ccc(F)cc1. The van der Waals surface area contributed by atoms with Crippen LogP contribution in [0, 0.1) is 5.82 Å². The molecule has 0 heterocycles. The van der Waals surface area contributed by atoms with Gasteiger partial charge in [0.2, 0.25) is 10.0 Å². The molecule has 0 spiro atoms. The van der Waals surface area contributed by atoms with Crippen LogP contribution in [0.15, 0.2) is 29.2 Å². The molecule has 1 fully saturated rings. The van der Waals surface area contributed by atoms with Gasteiger partial charge in [-0.1, -0.05) is 35.2 Å². The van der Waals surface area contributed by atoms with E-state index in [-0.39, 0.29) is 15.8 Å². The van der Waals surface area contributed by atoms with Gasteiger partial charge in [0.05, 0.1) is 4.90 Å². The van der Waals surface area contributed by atoms with Crippen molar-refractivity contribution in [3.63, 3.8) is 0 Å². The Balaban J connectivity index is 2.13. The number of hydrogen-bond donors (Lipinski definition) is 1. The van der Waals surface area contributed by atoms with Gasteiger partial charge in [-0.3, -0.25) is 0 Å². The number of alkyl halides is 1. The highest BCUT2D eigenvalue weighted by atomic mass is 79.9. The van der Waals surface area contributed by atoms with Gasteiger partial charge < -0.3 is 0 Å². The van der Waals surface area contributed by atoms with E-state index < -0.39 is 15.8 Å². The van der Waals surface area contributed by atoms with E-state index in [0.717, 1.165) is 44.2 Å². The number of rotatable bonds is 3. The first-order valence-electron chi connectivity index (χ1n) is 6.41. The normalized spacial score (nSPS) is 24.9. The van der Waals surface area contributed by atoms with E-state index in [9.17, 15) is 12.8 Å². The second-order valence-corrected chi connectivity index (χ2v) is 7.73. The molecule has 3 nitrogen and oxygen atoms in total. The average molecular weight is 350 g/mol. The summed E-state index contributed by atoms with van der Waals surface area (Å²) in [7, 11) is -3.57. The van der Waals surface area contributed by atoms with E-state index in [1.54, 1.807) is 0 Å². The maximum atomic E-state index is 12.8. The number of halogens is 2. The number of benzene rings is 1. The van der Waals surface area contributed by atoms with Crippen molar-refractivity contribution in [2.45, 2.75) is 47.9 Å². The van der Waals surface area contributed by atoms with E-state index in [0.29, 0.717) is 0 Å². The Labute approximate surface area is 121 Å².